The summed E-state index contributed by atoms with van der Waals surface area (Å²) in [5, 5.41) is 16.9. The minimum Gasteiger partial charge on any atom is -0.385 e. The maximum Gasteiger partial charge on any atom is 0.251 e. The quantitative estimate of drug-likeness (QED) is 0.586. The monoisotopic (exact) mass is 464 g/mol. The van der Waals surface area contributed by atoms with Crippen molar-refractivity contribution in [2.45, 2.75) is 50.3 Å². The fraction of sp³-hybridized carbons (Fsp3) is 0.481. The van der Waals surface area contributed by atoms with Crippen LogP contribution in [-0.4, -0.2) is 67.6 Å². The van der Waals surface area contributed by atoms with Crippen LogP contribution in [0.25, 0.3) is 0 Å². The second-order valence-corrected chi connectivity index (χ2v) is 9.97. The van der Waals surface area contributed by atoms with Crippen LogP contribution in [0.1, 0.15) is 47.2 Å². The Kier molecular flexibility index (Phi) is 7.24. The van der Waals surface area contributed by atoms with E-state index >= 15 is 0 Å². The van der Waals surface area contributed by atoms with Crippen LogP contribution in [0.5, 0.6) is 0 Å². The molecular weight excluding hydrogens is 428 g/mol. The molecule has 1 aliphatic heterocycles. The highest BCUT2D eigenvalue weighted by Gasteiger charge is 2.40. The van der Waals surface area contributed by atoms with Gasteiger partial charge in [-0.05, 0) is 62.4 Å². The first-order valence-corrected chi connectivity index (χ1v) is 12.1. The molecule has 0 radical (unpaired) electrons. The van der Waals surface area contributed by atoms with Crippen LogP contribution in [0.3, 0.4) is 0 Å². The van der Waals surface area contributed by atoms with Crippen LogP contribution < -0.4 is 15.5 Å². The van der Waals surface area contributed by atoms with Crippen LogP contribution in [0.2, 0.25) is 0 Å². The fourth-order valence-corrected chi connectivity index (χ4v) is 5.03. The molecule has 7 heteroatoms. The number of anilines is 1. The van der Waals surface area contributed by atoms with E-state index in [1.54, 1.807) is 12.1 Å². The predicted molar refractivity (Wildman–Crippen MR) is 134 cm³/mol. The molecule has 2 fully saturated rings. The van der Waals surface area contributed by atoms with E-state index in [2.05, 4.69) is 32.6 Å². The van der Waals surface area contributed by atoms with Crippen LogP contribution in [0, 0.1) is 6.92 Å². The first kappa shape index (κ1) is 24.2. The third kappa shape index (κ3) is 5.59. The Morgan fingerprint density at radius 1 is 1.09 bits per heavy atom. The van der Waals surface area contributed by atoms with Crippen molar-refractivity contribution in [2.24, 2.45) is 0 Å². The van der Waals surface area contributed by atoms with Gasteiger partial charge in [0.05, 0.1) is 18.2 Å². The van der Waals surface area contributed by atoms with E-state index in [-0.39, 0.29) is 24.4 Å². The average Bonchev–Trinajstić information content (AvgIpc) is 2.80. The fourth-order valence-electron chi connectivity index (χ4n) is 5.03. The predicted octanol–water partition coefficient (Wildman–Crippen LogP) is 2.42. The van der Waals surface area contributed by atoms with Crippen LogP contribution in [-0.2, 0) is 10.4 Å². The van der Waals surface area contributed by atoms with Gasteiger partial charge in [-0.1, -0.05) is 29.8 Å². The summed E-state index contributed by atoms with van der Waals surface area (Å²) < 4.78 is 0. The first-order valence-electron chi connectivity index (χ1n) is 12.1. The third-order valence-electron chi connectivity index (χ3n) is 7.18. The van der Waals surface area contributed by atoms with Crippen LogP contribution in [0.4, 0.5) is 5.69 Å². The van der Waals surface area contributed by atoms with E-state index in [1.165, 1.54) is 0 Å². The summed E-state index contributed by atoms with van der Waals surface area (Å²) in [4.78, 5) is 28.9. The molecular formula is C27H36N4O3. The number of hydrogen-bond acceptors (Lipinski definition) is 5. The zero-order valence-electron chi connectivity index (χ0n) is 20.4. The number of likely N-dealkylation sites (tertiary alicyclic amines) is 1. The van der Waals surface area contributed by atoms with Gasteiger partial charge in [0, 0.05) is 44.5 Å². The normalized spacial score (nSPS) is 23.1. The topological polar surface area (TPSA) is 84.9 Å². The third-order valence-corrected chi connectivity index (χ3v) is 7.18. The van der Waals surface area contributed by atoms with Crippen molar-refractivity contribution < 1.29 is 14.7 Å². The molecule has 0 bridgehead atoms. The Morgan fingerprint density at radius 2 is 1.76 bits per heavy atom. The number of benzene rings is 2. The summed E-state index contributed by atoms with van der Waals surface area (Å²) in [7, 11) is 4.03. The number of amides is 2. The van der Waals surface area contributed by atoms with Gasteiger partial charge < -0.3 is 20.6 Å². The summed E-state index contributed by atoms with van der Waals surface area (Å²) >= 11 is 0. The van der Waals surface area contributed by atoms with Gasteiger partial charge in [-0.3, -0.25) is 14.5 Å². The van der Waals surface area contributed by atoms with Crippen molar-refractivity contribution in [1.82, 2.24) is 15.5 Å². The molecule has 3 N–H and O–H groups in total. The van der Waals surface area contributed by atoms with E-state index < -0.39 is 5.60 Å². The number of aliphatic hydroxyl groups is 1. The Bertz CT molecular complexity index is 1010. The number of nitrogens with one attached hydrogen (secondary N) is 2. The van der Waals surface area contributed by atoms with Gasteiger partial charge >= 0.3 is 0 Å². The van der Waals surface area contributed by atoms with Crippen molar-refractivity contribution in [1.29, 1.82) is 0 Å². The number of rotatable bonds is 7. The van der Waals surface area contributed by atoms with E-state index in [4.69, 9.17) is 0 Å². The molecule has 0 aromatic heterocycles. The van der Waals surface area contributed by atoms with E-state index in [1.807, 2.05) is 45.3 Å². The van der Waals surface area contributed by atoms with E-state index in [0.29, 0.717) is 11.6 Å². The molecule has 182 valence electrons. The molecule has 1 aliphatic carbocycles. The highest BCUT2D eigenvalue weighted by Crippen LogP contribution is 2.39. The zero-order chi connectivity index (χ0) is 24.3. The van der Waals surface area contributed by atoms with Gasteiger partial charge in [0.1, 0.15) is 0 Å². The van der Waals surface area contributed by atoms with Crippen molar-refractivity contribution in [2.75, 3.05) is 38.6 Å². The number of hydrogen-bond donors (Lipinski definition) is 3. The number of nitrogens with zero attached hydrogens (tertiary/aromatic N) is 2. The van der Waals surface area contributed by atoms with Crippen LogP contribution >= 0.6 is 0 Å². The van der Waals surface area contributed by atoms with Gasteiger partial charge in [-0.25, -0.2) is 0 Å². The van der Waals surface area contributed by atoms with E-state index in [0.717, 1.165) is 55.6 Å². The van der Waals surface area contributed by atoms with Crippen LogP contribution in [0.15, 0.2) is 48.5 Å². The molecule has 7 nitrogen and oxygen atoms in total. The SMILES string of the molecule is Cc1cccc(C(=O)NCC(=O)NC2CN([C@H]3CC[C@@](O)(c4ccc(N(C)C)cc4)CC3)C2)c1. The molecule has 0 atom stereocenters. The second-order valence-electron chi connectivity index (χ2n) is 9.97. The lowest BCUT2D eigenvalue weighted by molar-refractivity contribution is -0.122. The van der Waals surface area contributed by atoms with Gasteiger partial charge in [0.15, 0.2) is 0 Å². The molecule has 4 rings (SSSR count). The molecule has 2 aromatic carbocycles. The second kappa shape index (κ2) is 10.2. The van der Waals surface area contributed by atoms with Gasteiger partial charge in [-0.2, -0.15) is 0 Å². The molecule has 34 heavy (non-hydrogen) atoms. The van der Waals surface area contributed by atoms with Crippen molar-refractivity contribution in [3.05, 3.63) is 65.2 Å². The average molecular weight is 465 g/mol. The Morgan fingerprint density at radius 3 is 2.38 bits per heavy atom. The minimum absolute atomic E-state index is 0.0215. The lowest BCUT2D eigenvalue weighted by Crippen LogP contribution is -2.63. The molecule has 0 spiro atoms. The Balaban J connectivity index is 1.17. The summed E-state index contributed by atoms with van der Waals surface area (Å²) in [6.07, 6.45) is 3.38. The van der Waals surface area contributed by atoms with Crippen molar-refractivity contribution >= 4 is 17.5 Å². The molecule has 0 unspecified atom stereocenters. The molecule has 1 heterocycles. The van der Waals surface area contributed by atoms with Gasteiger partial charge in [0.2, 0.25) is 5.91 Å². The summed E-state index contributed by atoms with van der Waals surface area (Å²) in [6.45, 7) is 3.55. The van der Waals surface area contributed by atoms with Crippen molar-refractivity contribution in [3.8, 4) is 0 Å². The first-order chi connectivity index (χ1) is 16.2. The minimum atomic E-state index is -0.755. The number of aryl methyl sites for hydroxylation is 1. The maximum atomic E-state index is 12.3. The van der Waals surface area contributed by atoms with Crippen molar-refractivity contribution in [3.63, 3.8) is 0 Å². The Labute approximate surface area is 202 Å². The number of carbonyl (C=O) groups excluding carboxylic acids is 2. The lowest BCUT2D eigenvalue weighted by atomic mass is 9.76. The lowest BCUT2D eigenvalue weighted by Gasteiger charge is -2.48. The number of carbonyl (C=O) groups is 2. The molecule has 1 saturated heterocycles. The molecule has 2 aromatic rings. The molecule has 2 amide bonds. The largest absolute Gasteiger partial charge is 0.385 e. The highest BCUT2D eigenvalue weighted by molar-refractivity contribution is 5.96. The highest BCUT2D eigenvalue weighted by atomic mass is 16.3. The maximum absolute atomic E-state index is 12.3. The van der Waals surface area contributed by atoms with E-state index in [9.17, 15) is 14.7 Å². The summed E-state index contributed by atoms with van der Waals surface area (Å²) in [5.74, 6) is -0.398. The van der Waals surface area contributed by atoms with Gasteiger partial charge in [-0.15, -0.1) is 0 Å². The zero-order valence-corrected chi connectivity index (χ0v) is 20.4. The summed E-state index contributed by atoms with van der Waals surface area (Å²) in [6, 6.07) is 16.1. The molecule has 1 saturated carbocycles. The van der Waals surface area contributed by atoms with Gasteiger partial charge in [0.25, 0.3) is 5.91 Å². The summed E-state index contributed by atoms with van der Waals surface area (Å²) in [5.41, 5.74) is 2.95. The standard InChI is InChI=1S/C27H36N4O3/c1-19-5-4-6-20(15-19)26(33)28-16-25(32)29-22-17-31(18-22)24-11-13-27(34,14-12-24)21-7-9-23(10-8-21)30(2)3/h4-10,15,22,24,34H,11-14,16-18H2,1-3H3,(H,28,33)(H,29,32)/t24-,27-. The smallest absolute Gasteiger partial charge is 0.251 e. The molecule has 2 aliphatic rings. The Hall–Kier alpha value is -2.90.